The van der Waals surface area contributed by atoms with Crippen LogP contribution < -0.4 is 4.74 Å². The van der Waals surface area contributed by atoms with Gasteiger partial charge < -0.3 is 9.47 Å². The van der Waals surface area contributed by atoms with Crippen LogP contribution in [-0.2, 0) is 32.6 Å². The summed E-state index contributed by atoms with van der Waals surface area (Å²) >= 11 is 3.53. The molecular formula is C29H29BrN2O6S. The number of hydroxylamine groups is 2. The second-order valence-electron chi connectivity index (χ2n) is 9.53. The lowest BCUT2D eigenvalue weighted by Crippen LogP contribution is -2.50. The van der Waals surface area contributed by atoms with Gasteiger partial charge in [-0.1, -0.05) is 76.1 Å². The van der Waals surface area contributed by atoms with Crippen LogP contribution in [0.15, 0.2) is 94.3 Å². The molecule has 3 aromatic carbocycles. The predicted octanol–water partition coefficient (Wildman–Crippen LogP) is 5.57. The number of nitrogens with zero attached hydrogens (tertiary/aromatic N) is 2. The second-order valence-corrected chi connectivity index (χ2v) is 12.3. The van der Waals surface area contributed by atoms with Crippen molar-refractivity contribution < 1.29 is 27.5 Å². The van der Waals surface area contributed by atoms with Crippen molar-refractivity contribution in [1.82, 2.24) is 9.37 Å². The summed E-state index contributed by atoms with van der Waals surface area (Å²) in [6.45, 7) is 1.97. The average Bonchev–Trinajstić information content (AvgIpc) is 3.18. The molecule has 3 aliphatic rings. The number of rotatable bonds is 7. The number of carbonyl (C=O) groups excluding carboxylic acids is 1. The largest absolute Gasteiger partial charge is 0.497 e. The zero-order valence-electron chi connectivity index (χ0n) is 21.6. The Morgan fingerprint density at radius 3 is 2.36 bits per heavy atom. The molecule has 6 rings (SSSR count). The molecule has 204 valence electrons. The van der Waals surface area contributed by atoms with Crippen molar-refractivity contribution in [3.8, 4) is 5.75 Å². The molecule has 2 bridgehead atoms. The fourth-order valence-electron chi connectivity index (χ4n) is 4.80. The van der Waals surface area contributed by atoms with Crippen LogP contribution in [0.2, 0.25) is 0 Å². The molecule has 8 nitrogen and oxygen atoms in total. The van der Waals surface area contributed by atoms with Crippen LogP contribution >= 0.6 is 15.9 Å². The normalized spacial score (nSPS) is 21.3. The molecule has 1 amide bonds. The summed E-state index contributed by atoms with van der Waals surface area (Å²) in [5.41, 5.74) is 2.72. The van der Waals surface area contributed by atoms with E-state index in [1.54, 1.807) is 31.4 Å². The van der Waals surface area contributed by atoms with Crippen molar-refractivity contribution in [3.05, 3.63) is 106 Å². The van der Waals surface area contributed by atoms with Crippen LogP contribution in [0.3, 0.4) is 0 Å². The zero-order chi connectivity index (χ0) is 27.6. The first-order valence-electron chi connectivity index (χ1n) is 12.5. The number of aryl methyl sites for hydroxylation is 1. The highest BCUT2D eigenvalue weighted by atomic mass is 79.9. The van der Waals surface area contributed by atoms with Gasteiger partial charge in [0.1, 0.15) is 12.4 Å². The van der Waals surface area contributed by atoms with Gasteiger partial charge in [-0.15, -0.1) is 0 Å². The molecule has 1 saturated heterocycles. The smallest absolute Gasteiger partial charge is 0.434 e. The molecule has 1 fully saturated rings. The molecule has 3 atom stereocenters. The van der Waals surface area contributed by atoms with E-state index in [0.29, 0.717) is 23.1 Å². The summed E-state index contributed by atoms with van der Waals surface area (Å²) in [4.78, 5) is 19.4. The first-order valence-corrected chi connectivity index (χ1v) is 14.8. The minimum absolute atomic E-state index is 0.0719. The standard InChI is InChI=1S/C29H29BrN2O6S/c1-20-8-14-26(15-9-20)39(34,35)32-24(16-21-10-12-25(36-2)13-11-21)17-23-18-27(30)28(32)38-31(23)29(33)37-19-22-6-4-3-5-7-22/h3-15,18,23-24,28H,16-17,19H2,1-2H3/t23-,24-,28-/m0/s1. The van der Waals surface area contributed by atoms with Gasteiger partial charge in [0.05, 0.1) is 18.0 Å². The number of hydrogen-bond acceptors (Lipinski definition) is 6. The maximum atomic E-state index is 14.1. The van der Waals surface area contributed by atoms with Gasteiger partial charge in [-0.3, -0.25) is 0 Å². The third-order valence-electron chi connectivity index (χ3n) is 6.82. The fraction of sp³-hybridized carbons (Fsp3) is 0.276. The molecule has 0 N–H and O–H groups in total. The Morgan fingerprint density at radius 1 is 1.00 bits per heavy atom. The number of fused-ring (bicyclic) bond motifs is 3. The van der Waals surface area contributed by atoms with E-state index in [4.69, 9.17) is 14.3 Å². The van der Waals surface area contributed by atoms with E-state index in [2.05, 4.69) is 15.9 Å². The Hall–Kier alpha value is -3.18. The number of halogens is 1. The molecule has 3 heterocycles. The lowest BCUT2D eigenvalue weighted by atomic mass is 10.00. The molecule has 0 aromatic heterocycles. The van der Waals surface area contributed by atoms with Crippen LogP contribution in [0.25, 0.3) is 0 Å². The van der Waals surface area contributed by atoms with E-state index in [0.717, 1.165) is 21.8 Å². The zero-order valence-corrected chi connectivity index (χ0v) is 24.0. The van der Waals surface area contributed by atoms with Gasteiger partial charge >= 0.3 is 6.09 Å². The predicted molar refractivity (Wildman–Crippen MR) is 149 cm³/mol. The Bertz CT molecular complexity index is 1450. The van der Waals surface area contributed by atoms with Gasteiger partial charge in [-0.25, -0.2) is 18.0 Å². The van der Waals surface area contributed by atoms with Gasteiger partial charge in [0.15, 0.2) is 6.23 Å². The molecule has 0 spiro atoms. The van der Waals surface area contributed by atoms with Gasteiger partial charge in [-0.05, 0) is 61.2 Å². The summed E-state index contributed by atoms with van der Waals surface area (Å²) in [6, 6.07) is 22.5. The van der Waals surface area contributed by atoms with Gasteiger partial charge in [0.2, 0.25) is 10.0 Å². The summed E-state index contributed by atoms with van der Waals surface area (Å²) < 4.78 is 41.0. The van der Waals surface area contributed by atoms with Crippen molar-refractivity contribution >= 4 is 32.0 Å². The molecule has 0 unspecified atom stereocenters. The summed E-state index contributed by atoms with van der Waals surface area (Å²) in [5.74, 6) is 0.712. The minimum atomic E-state index is -4.02. The van der Waals surface area contributed by atoms with E-state index >= 15 is 0 Å². The van der Waals surface area contributed by atoms with Crippen LogP contribution in [0.1, 0.15) is 23.1 Å². The lowest BCUT2D eigenvalue weighted by Gasteiger charge is -2.36. The molecule has 10 heteroatoms. The highest BCUT2D eigenvalue weighted by Gasteiger charge is 2.49. The van der Waals surface area contributed by atoms with Gasteiger partial charge in [-0.2, -0.15) is 9.37 Å². The summed E-state index contributed by atoms with van der Waals surface area (Å²) in [5, 5.41) is 1.16. The Labute approximate surface area is 236 Å². The molecule has 0 radical (unpaired) electrons. The molecule has 3 aliphatic heterocycles. The molecule has 0 aliphatic carbocycles. The van der Waals surface area contributed by atoms with E-state index in [1.165, 1.54) is 4.31 Å². The minimum Gasteiger partial charge on any atom is -0.497 e. The van der Waals surface area contributed by atoms with Crippen molar-refractivity contribution in [1.29, 1.82) is 0 Å². The number of ether oxygens (including phenoxy) is 2. The number of methoxy groups -OCH3 is 1. The average molecular weight is 614 g/mol. The Balaban J connectivity index is 1.48. The van der Waals surface area contributed by atoms with Gasteiger partial charge in [0.25, 0.3) is 0 Å². The lowest BCUT2D eigenvalue weighted by molar-refractivity contribution is -0.197. The van der Waals surface area contributed by atoms with Crippen molar-refractivity contribution in [2.75, 3.05) is 7.11 Å². The Morgan fingerprint density at radius 2 is 1.69 bits per heavy atom. The number of sulfonamides is 1. The summed E-state index contributed by atoms with van der Waals surface area (Å²) in [7, 11) is -2.43. The number of carbonyl (C=O) groups is 1. The molecule has 3 aromatic rings. The van der Waals surface area contributed by atoms with Crippen molar-refractivity contribution in [2.24, 2.45) is 0 Å². The first kappa shape index (κ1) is 27.4. The quantitative estimate of drug-likeness (QED) is 0.347. The number of amides is 1. The highest BCUT2D eigenvalue weighted by molar-refractivity contribution is 9.11. The number of benzene rings is 3. The van der Waals surface area contributed by atoms with Crippen LogP contribution in [-0.4, -0.2) is 49.3 Å². The maximum Gasteiger partial charge on any atom is 0.434 e. The topological polar surface area (TPSA) is 85.4 Å². The van der Waals surface area contributed by atoms with E-state index in [9.17, 15) is 13.2 Å². The van der Waals surface area contributed by atoms with E-state index in [-0.39, 0.29) is 11.5 Å². The monoisotopic (exact) mass is 612 g/mol. The van der Waals surface area contributed by atoms with E-state index < -0.39 is 34.4 Å². The van der Waals surface area contributed by atoms with E-state index in [1.807, 2.05) is 67.6 Å². The van der Waals surface area contributed by atoms with Gasteiger partial charge in [0, 0.05) is 10.5 Å². The van der Waals surface area contributed by atoms with Crippen molar-refractivity contribution in [3.63, 3.8) is 0 Å². The third kappa shape index (κ3) is 5.89. The third-order valence-corrected chi connectivity index (χ3v) is 9.39. The molecule has 39 heavy (non-hydrogen) atoms. The molecule has 0 saturated carbocycles. The Kier molecular flexibility index (Phi) is 8.08. The first-order chi connectivity index (χ1) is 18.8. The fourth-order valence-corrected chi connectivity index (χ4v) is 7.22. The SMILES string of the molecule is COc1ccc(C[C@H]2C[C@H]3C=C(Br)[C@H](ON3C(=O)OCc3ccccc3)N2S(=O)(=O)c2ccc(C)cc2)cc1. The second kappa shape index (κ2) is 11.5. The summed E-state index contributed by atoms with van der Waals surface area (Å²) in [6.07, 6.45) is 0.782. The van der Waals surface area contributed by atoms with Crippen LogP contribution in [0.5, 0.6) is 5.75 Å². The highest BCUT2D eigenvalue weighted by Crippen LogP contribution is 2.40. The maximum absolute atomic E-state index is 14.1. The van der Waals surface area contributed by atoms with Crippen LogP contribution in [0, 0.1) is 6.92 Å². The molecular weight excluding hydrogens is 584 g/mol. The number of hydrogen-bond donors (Lipinski definition) is 0. The van der Waals surface area contributed by atoms with Crippen molar-refractivity contribution in [2.45, 2.75) is 49.6 Å². The van der Waals surface area contributed by atoms with Crippen LogP contribution in [0.4, 0.5) is 4.79 Å².